The minimum absolute atomic E-state index is 0.00354. The standard InChI is InChI=1S/C22H27FN2O2/c1-17-5-4-7-20(15-17)24-13-10-19(11-14-24)25(16-22(26)27)12-9-18-6-2-3-8-21(18)23/h2-8,15,19H,9-14,16H2,1H3,(H,26,27). The summed E-state index contributed by atoms with van der Waals surface area (Å²) in [6.45, 7) is 4.47. The summed E-state index contributed by atoms with van der Waals surface area (Å²) in [5.74, 6) is -1.05. The average Bonchev–Trinajstić information content (AvgIpc) is 2.66. The van der Waals surface area contributed by atoms with Gasteiger partial charge in [0.1, 0.15) is 5.82 Å². The largest absolute Gasteiger partial charge is 0.480 e. The molecule has 0 aromatic heterocycles. The van der Waals surface area contributed by atoms with Crippen molar-refractivity contribution < 1.29 is 14.3 Å². The molecule has 3 rings (SSSR count). The molecule has 0 saturated carbocycles. The van der Waals surface area contributed by atoms with Crippen molar-refractivity contribution in [3.05, 3.63) is 65.5 Å². The zero-order valence-electron chi connectivity index (χ0n) is 15.8. The van der Waals surface area contributed by atoms with Gasteiger partial charge in [0.15, 0.2) is 0 Å². The molecule has 144 valence electrons. The molecule has 27 heavy (non-hydrogen) atoms. The summed E-state index contributed by atoms with van der Waals surface area (Å²) in [4.78, 5) is 15.7. The smallest absolute Gasteiger partial charge is 0.317 e. The zero-order valence-corrected chi connectivity index (χ0v) is 15.8. The Morgan fingerprint density at radius 3 is 2.59 bits per heavy atom. The third kappa shape index (κ3) is 5.30. The Hall–Kier alpha value is -2.40. The van der Waals surface area contributed by atoms with Crippen LogP contribution in [0, 0.1) is 12.7 Å². The van der Waals surface area contributed by atoms with Crippen LogP contribution in [-0.2, 0) is 11.2 Å². The van der Waals surface area contributed by atoms with E-state index in [0.717, 1.165) is 25.9 Å². The molecule has 0 aliphatic carbocycles. The lowest BCUT2D eigenvalue weighted by atomic mass is 10.0. The molecule has 1 aliphatic rings. The van der Waals surface area contributed by atoms with E-state index in [2.05, 4.69) is 36.1 Å². The van der Waals surface area contributed by atoms with Gasteiger partial charge in [0.2, 0.25) is 0 Å². The van der Waals surface area contributed by atoms with E-state index in [1.165, 1.54) is 17.3 Å². The Kier molecular flexibility index (Phi) is 6.45. The summed E-state index contributed by atoms with van der Waals surface area (Å²) >= 11 is 0. The van der Waals surface area contributed by atoms with Crippen molar-refractivity contribution >= 4 is 11.7 Å². The fourth-order valence-electron chi connectivity index (χ4n) is 3.84. The first-order valence-corrected chi connectivity index (χ1v) is 9.54. The van der Waals surface area contributed by atoms with Crippen LogP contribution in [0.15, 0.2) is 48.5 Å². The molecule has 4 nitrogen and oxygen atoms in total. The molecule has 0 spiro atoms. The minimum Gasteiger partial charge on any atom is -0.480 e. The zero-order chi connectivity index (χ0) is 19.2. The molecular weight excluding hydrogens is 343 g/mol. The highest BCUT2D eigenvalue weighted by Crippen LogP contribution is 2.23. The van der Waals surface area contributed by atoms with Gasteiger partial charge in [-0.15, -0.1) is 0 Å². The van der Waals surface area contributed by atoms with Crippen molar-refractivity contribution in [2.45, 2.75) is 32.2 Å². The Labute approximate surface area is 160 Å². The number of carboxylic acids is 1. The highest BCUT2D eigenvalue weighted by atomic mass is 19.1. The van der Waals surface area contributed by atoms with E-state index in [9.17, 15) is 14.3 Å². The normalized spacial score (nSPS) is 15.3. The van der Waals surface area contributed by atoms with Crippen LogP contribution in [-0.4, -0.2) is 48.2 Å². The molecule has 2 aromatic carbocycles. The monoisotopic (exact) mass is 370 g/mol. The fourth-order valence-corrected chi connectivity index (χ4v) is 3.84. The number of nitrogens with zero attached hydrogens (tertiary/aromatic N) is 2. The molecule has 0 bridgehead atoms. The number of rotatable bonds is 7. The lowest BCUT2D eigenvalue weighted by molar-refractivity contribution is -0.139. The van der Waals surface area contributed by atoms with Crippen molar-refractivity contribution in [1.82, 2.24) is 4.90 Å². The Balaban J connectivity index is 1.61. The van der Waals surface area contributed by atoms with Crippen LogP contribution in [0.4, 0.5) is 10.1 Å². The summed E-state index contributed by atoms with van der Waals surface area (Å²) in [5, 5.41) is 9.30. The third-order valence-electron chi connectivity index (χ3n) is 5.31. The SMILES string of the molecule is Cc1cccc(N2CCC(N(CCc3ccccc3F)CC(=O)O)CC2)c1. The second-order valence-electron chi connectivity index (χ2n) is 7.26. The first-order chi connectivity index (χ1) is 13.0. The van der Waals surface area contributed by atoms with Gasteiger partial charge in [-0.25, -0.2) is 4.39 Å². The third-order valence-corrected chi connectivity index (χ3v) is 5.31. The first-order valence-electron chi connectivity index (χ1n) is 9.54. The van der Waals surface area contributed by atoms with Crippen LogP contribution in [0.5, 0.6) is 0 Å². The van der Waals surface area contributed by atoms with Crippen LogP contribution < -0.4 is 4.90 Å². The molecule has 2 aromatic rings. The van der Waals surface area contributed by atoms with Gasteiger partial charge in [0.25, 0.3) is 0 Å². The van der Waals surface area contributed by atoms with E-state index in [1.54, 1.807) is 12.1 Å². The van der Waals surface area contributed by atoms with Gasteiger partial charge in [-0.2, -0.15) is 0 Å². The van der Waals surface area contributed by atoms with Gasteiger partial charge in [0, 0.05) is 31.4 Å². The van der Waals surface area contributed by atoms with Crippen molar-refractivity contribution in [3.63, 3.8) is 0 Å². The molecule has 1 fully saturated rings. The summed E-state index contributed by atoms with van der Waals surface area (Å²) in [5.41, 5.74) is 3.11. The Bertz CT molecular complexity index is 772. The summed E-state index contributed by atoms with van der Waals surface area (Å²) in [7, 11) is 0. The molecule has 1 N–H and O–H groups in total. The van der Waals surface area contributed by atoms with Crippen LogP contribution in [0.25, 0.3) is 0 Å². The quantitative estimate of drug-likeness (QED) is 0.807. The van der Waals surface area contributed by atoms with Gasteiger partial charge < -0.3 is 10.0 Å². The summed E-state index contributed by atoms with van der Waals surface area (Å²) in [6, 6.07) is 15.4. The maximum Gasteiger partial charge on any atom is 0.317 e. The number of hydrogen-bond acceptors (Lipinski definition) is 3. The number of aliphatic carboxylic acids is 1. The lowest BCUT2D eigenvalue weighted by Crippen LogP contribution is -2.47. The predicted octanol–water partition coefficient (Wildman–Crippen LogP) is 3.73. The Morgan fingerprint density at radius 2 is 1.93 bits per heavy atom. The molecule has 1 heterocycles. The van der Waals surface area contributed by atoms with Crippen LogP contribution in [0.2, 0.25) is 0 Å². The fraction of sp³-hybridized carbons (Fsp3) is 0.409. The van der Waals surface area contributed by atoms with E-state index in [-0.39, 0.29) is 18.4 Å². The highest BCUT2D eigenvalue weighted by molar-refractivity contribution is 5.69. The predicted molar refractivity (Wildman–Crippen MR) is 106 cm³/mol. The van der Waals surface area contributed by atoms with E-state index in [4.69, 9.17) is 0 Å². The maximum absolute atomic E-state index is 13.9. The van der Waals surface area contributed by atoms with Crippen molar-refractivity contribution in [2.24, 2.45) is 0 Å². The molecule has 0 atom stereocenters. The average molecular weight is 370 g/mol. The number of piperidine rings is 1. The number of halogens is 1. The molecule has 1 aliphatic heterocycles. The minimum atomic E-state index is -0.829. The molecule has 0 amide bonds. The van der Waals surface area contributed by atoms with Crippen LogP contribution in [0.1, 0.15) is 24.0 Å². The first kappa shape index (κ1) is 19.4. The molecule has 0 unspecified atom stereocenters. The molecular formula is C22H27FN2O2. The summed E-state index contributed by atoms with van der Waals surface area (Å²) in [6.07, 6.45) is 2.36. The number of benzene rings is 2. The summed E-state index contributed by atoms with van der Waals surface area (Å²) < 4.78 is 13.9. The number of carboxylic acid groups (broad SMARTS) is 1. The Morgan fingerprint density at radius 1 is 1.19 bits per heavy atom. The highest BCUT2D eigenvalue weighted by Gasteiger charge is 2.26. The van der Waals surface area contributed by atoms with Gasteiger partial charge in [0.05, 0.1) is 6.54 Å². The second-order valence-corrected chi connectivity index (χ2v) is 7.26. The van der Waals surface area contributed by atoms with E-state index < -0.39 is 5.97 Å². The van der Waals surface area contributed by atoms with Gasteiger partial charge >= 0.3 is 5.97 Å². The van der Waals surface area contributed by atoms with Crippen molar-refractivity contribution in [2.75, 3.05) is 31.1 Å². The number of carbonyl (C=O) groups is 1. The van der Waals surface area contributed by atoms with E-state index in [0.29, 0.717) is 18.5 Å². The van der Waals surface area contributed by atoms with Gasteiger partial charge in [-0.1, -0.05) is 30.3 Å². The molecule has 1 saturated heterocycles. The molecule has 0 radical (unpaired) electrons. The second kappa shape index (κ2) is 9.00. The topological polar surface area (TPSA) is 43.8 Å². The van der Waals surface area contributed by atoms with Crippen molar-refractivity contribution in [1.29, 1.82) is 0 Å². The number of aryl methyl sites for hydroxylation is 1. The van der Waals surface area contributed by atoms with Gasteiger partial charge in [-0.05, 0) is 55.5 Å². The van der Waals surface area contributed by atoms with Crippen LogP contribution >= 0.6 is 0 Å². The van der Waals surface area contributed by atoms with Crippen molar-refractivity contribution in [3.8, 4) is 0 Å². The van der Waals surface area contributed by atoms with E-state index in [1.807, 2.05) is 11.0 Å². The lowest BCUT2D eigenvalue weighted by Gasteiger charge is -2.39. The van der Waals surface area contributed by atoms with Crippen LogP contribution in [0.3, 0.4) is 0 Å². The molecule has 5 heteroatoms. The number of anilines is 1. The van der Waals surface area contributed by atoms with Gasteiger partial charge in [-0.3, -0.25) is 9.69 Å². The number of hydrogen-bond donors (Lipinski definition) is 1. The maximum atomic E-state index is 13.9. The van der Waals surface area contributed by atoms with E-state index >= 15 is 0 Å².